The molecule has 3 aliphatic heterocycles. The second kappa shape index (κ2) is 9.84. The molecule has 1 saturated heterocycles. The van der Waals surface area contributed by atoms with Gasteiger partial charge in [-0.2, -0.15) is 0 Å². The molecule has 0 radical (unpaired) electrons. The van der Waals surface area contributed by atoms with E-state index >= 15 is 0 Å². The van der Waals surface area contributed by atoms with Gasteiger partial charge < -0.3 is 24.0 Å². The van der Waals surface area contributed by atoms with Crippen LogP contribution in [0.25, 0.3) is 0 Å². The van der Waals surface area contributed by atoms with Crippen LogP contribution in [0, 0.1) is 0 Å². The standard InChI is InChI=1S/C25H31N3O5S/c1-16-21(23(30)33-25(2,3)4)22(18-8-6-7-9-19(18)31-5)28-17(15-34-24(28)26-16)14-20(29)27-10-12-32-13-11-27/h6-9,15,22H,10-14H2,1-5H3. The third-order valence-corrected chi connectivity index (χ3v) is 6.64. The van der Waals surface area contributed by atoms with Gasteiger partial charge in [-0.3, -0.25) is 4.79 Å². The Bertz CT molecular complexity index is 1070. The molecule has 1 aromatic rings. The molecular weight excluding hydrogens is 454 g/mol. The predicted octanol–water partition coefficient (Wildman–Crippen LogP) is 3.86. The molecule has 1 fully saturated rings. The van der Waals surface area contributed by atoms with E-state index in [1.54, 1.807) is 7.11 Å². The highest BCUT2D eigenvalue weighted by molar-refractivity contribution is 8.16. The Balaban J connectivity index is 1.74. The van der Waals surface area contributed by atoms with Crippen LogP contribution in [0.15, 0.2) is 51.6 Å². The largest absolute Gasteiger partial charge is 0.496 e. The fraction of sp³-hybridized carbons (Fsp3) is 0.480. The van der Waals surface area contributed by atoms with E-state index in [1.807, 2.05) is 67.2 Å². The average molecular weight is 486 g/mol. The van der Waals surface area contributed by atoms with E-state index in [0.29, 0.717) is 43.3 Å². The van der Waals surface area contributed by atoms with E-state index in [9.17, 15) is 9.59 Å². The van der Waals surface area contributed by atoms with Crippen LogP contribution in [0.4, 0.5) is 0 Å². The number of morpholine rings is 1. The fourth-order valence-corrected chi connectivity index (χ4v) is 5.19. The molecule has 1 aromatic carbocycles. The number of aliphatic imine (C=N–C) groups is 1. The fourth-order valence-electron chi connectivity index (χ4n) is 4.23. The Morgan fingerprint density at radius 3 is 2.59 bits per heavy atom. The molecule has 3 aliphatic rings. The number of ether oxygens (including phenoxy) is 3. The zero-order valence-electron chi connectivity index (χ0n) is 20.3. The molecular formula is C25H31N3O5S. The number of esters is 1. The van der Waals surface area contributed by atoms with Crippen molar-refractivity contribution in [3.63, 3.8) is 0 Å². The second-order valence-electron chi connectivity index (χ2n) is 9.31. The van der Waals surface area contributed by atoms with E-state index in [1.165, 1.54) is 11.8 Å². The molecule has 1 unspecified atom stereocenters. The minimum Gasteiger partial charge on any atom is -0.496 e. The van der Waals surface area contributed by atoms with E-state index in [-0.39, 0.29) is 12.3 Å². The van der Waals surface area contributed by atoms with Gasteiger partial charge in [0.15, 0.2) is 5.17 Å². The Hall–Kier alpha value is -2.78. The highest BCUT2D eigenvalue weighted by Gasteiger charge is 2.43. The number of nitrogens with zero attached hydrogens (tertiary/aromatic N) is 3. The van der Waals surface area contributed by atoms with Crippen LogP contribution in [-0.4, -0.2) is 65.9 Å². The van der Waals surface area contributed by atoms with Crippen LogP contribution in [0.1, 0.15) is 45.7 Å². The first-order chi connectivity index (χ1) is 16.2. The van der Waals surface area contributed by atoms with Crippen molar-refractivity contribution >= 4 is 28.8 Å². The zero-order chi connectivity index (χ0) is 24.5. The third-order valence-electron chi connectivity index (χ3n) is 5.75. The van der Waals surface area contributed by atoms with E-state index in [0.717, 1.165) is 16.4 Å². The molecule has 1 atom stereocenters. The highest BCUT2D eigenvalue weighted by Crippen LogP contribution is 2.47. The topological polar surface area (TPSA) is 80.7 Å². The lowest BCUT2D eigenvalue weighted by atomic mass is 9.93. The molecule has 1 amide bonds. The van der Waals surface area contributed by atoms with Crippen molar-refractivity contribution in [2.75, 3.05) is 33.4 Å². The van der Waals surface area contributed by atoms with Crippen molar-refractivity contribution in [3.8, 4) is 5.75 Å². The number of hydrogen-bond acceptors (Lipinski definition) is 8. The summed E-state index contributed by atoms with van der Waals surface area (Å²) in [4.78, 5) is 35.1. The van der Waals surface area contributed by atoms with Crippen molar-refractivity contribution in [3.05, 3.63) is 52.2 Å². The molecule has 0 aromatic heterocycles. The first-order valence-electron chi connectivity index (χ1n) is 11.4. The monoisotopic (exact) mass is 485 g/mol. The number of amidine groups is 1. The van der Waals surface area contributed by atoms with Gasteiger partial charge in [0.05, 0.1) is 44.1 Å². The van der Waals surface area contributed by atoms with Crippen LogP contribution < -0.4 is 4.74 Å². The molecule has 0 bridgehead atoms. The van der Waals surface area contributed by atoms with Gasteiger partial charge in [-0.05, 0) is 39.2 Å². The lowest BCUT2D eigenvalue weighted by molar-refractivity contribution is -0.150. The number of rotatable bonds is 5. The summed E-state index contributed by atoms with van der Waals surface area (Å²) in [7, 11) is 1.61. The number of thioether (sulfide) groups is 1. The third kappa shape index (κ3) is 5.00. The Morgan fingerprint density at radius 2 is 1.91 bits per heavy atom. The van der Waals surface area contributed by atoms with Crippen LogP contribution in [0.3, 0.4) is 0 Å². The van der Waals surface area contributed by atoms with E-state index in [2.05, 4.69) is 0 Å². The number of allylic oxidation sites excluding steroid dienone is 1. The summed E-state index contributed by atoms with van der Waals surface area (Å²) >= 11 is 1.46. The molecule has 8 nitrogen and oxygen atoms in total. The minimum absolute atomic E-state index is 0.0280. The lowest BCUT2D eigenvalue weighted by Crippen LogP contribution is -2.43. The van der Waals surface area contributed by atoms with Gasteiger partial charge >= 0.3 is 5.97 Å². The van der Waals surface area contributed by atoms with Crippen molar-refractivity contribution in [2.24, 2.45) is 4.99 Å². The van der Waals surface area contributed by atoms with Crippen LogP contribution in [0.2, 0.25) is 0 Å². The first kappa shape index (κ1) is 24.3. The highest BCUT2D eigenvalue weighted by atomic mass is 32.2. The maximum atomic E-state index is 13.4. The lowest BCUT2D eigenvalue weighted by Gasteiger charge is -2.38. The number of carbonyl (C=O) groups excluding carboxylic acids is 2. The van der Waals surface area contributed by atoms with Gasteiger partial charge in [0.1, 0.15) is 11.4 Å². The Morgan fingerprint density at radius 1 is 1.21 bits per heavy atom. The summed E-state index contributed by atoms with van der Waals surface area (Å²) in [6.07, 6.45) is 0.207. The second-order valence-corrected chi connectivity index (χ2v) is 10.1. The van der Waals surface area contributed by atoms with Crippen molar-refractivity contribution < 1.29 is 23.8 Å². The molecule has 0 aliphatic carbocycles. The summed E-state index contributed by atoms with van der Waals surface area (Å²) in [5.74, 6) is 0.248. The number of carbonyl (C=O) groups is 2. The summed E-state index contributed by atoms with van der Waals surface area (Å²) < 4.78 is 16.8. The normalized spacial score (nSPS) is 20.6. The summed E-state index contributed by atoms with van der Waals surface area (Å²) in [6.45, 7) is 9.60. The van der Waals surface area contributed by atoms with Gasteiger partial charge in [0.25, 0.3) is 0 Å². The molecule has 182 valence electrons. The van der Waals surface area contributed by atoms with E-state index in [4.69, 9.17) is 19.2 Å². The number of para-hydroxylation sites is 1. The number of amides is 1. The first-order valence-corrected chi connectivity index (χ1v) is 12.2. The van der Waals surface area contributed by atoms with Crippen LogP contribution >= 0.6 is 11.8 Å². The van der Waals surface area contributed by atoms with E-state index < -0.39 is 17.6 Å². The molecule has 0 spiro atoms. The summed E-state index contributed by atoms with van der Waals surface area (Å²) in [5.41, 5.74) is 1.98. The number of fused-ring (bicyclic) bond motifs is 1. The van der Waals surface area contributed by atoms with Crippen molar-refractivity contribution in [1.82, 2.24) is 9.80 Å². The number of methoxy groups -OCH3 is 1. The molecule has 4 rings (SSSR count). The van der Waals surface area contributed by atoms with Gasteiger partial charge in [-0.25, -0.2) is 9.79 Å². The molecule has 34 heavy (non-hydrogen) atoms. The molecule has 0 N–H and O–H groups in total. The smallest absolute Gasteiger partial charge is 0.338 e. The SMILES string of the molecule is COc1ccccc1C1C(C(=O)OC(C)(C)C)=C(C)N=C2SC=C(CC(=O)N3CCOCC3)N21. The summed E-state index contributed by atoms with van der Waals surface area (Å²) in [5, 5.41) is 2.68. The minimum atomic E-state index is -0.662. The maximum absolute atomic E-state index is 13.4. The maximum Gasteiger partial charge on any atom is 0.338 e. The Kier molecular flexibility index (Phi) is 7.04. The Labute approximate surface area is 204 Å². The molecule has 3 heterocycles. The average Bonchev–Trinajstić information content (AvgIpc) is 3.19. The predicted molar refractivity (Wildman–Crippen MR) is 131 cm³/mol. The zero-order valence-corrected chi connectivity index (χ0v) is 21.1. The van der Waals surface area contributed by atoms with Crippen molar-refractivity contribution in [2.45, 2.75) is 45.8 Å². The molecule has 9 heteroatoms. The van der Waals surface area contributed by atoms with Gasteiger partial charge in [0, 0.05) is 24.4 Å². The summed E-state index contributed by atoms with van der Waals surface area (Å²) in [6, 6.07) is 7.08. The van der Waals surface area contributed by atoms with Crippen LogP contribution in [-0.2, 0) is 19.1 Å². The van der Waals surface area contributed by atoms with Gasteiger partial charge in [-0.1, -0.05) is 30.0 Å². The number of hydrogen-bond donors (Lipinski definition) is 0. The van der Waals surface area contributed by atoms with Gasteiger partial charge in [0.2, 0.25) is 5.91 Å². The quantitative estimate of drug-likeness (QED) is 0.586. The van der Waals surface area contributed by atoms with Crippen LogP contribution in [0.5, 0.6) is 5.75 Å². The molecule has 0 saturated carbocycles. The number of benzene rings is 1. The van der Waals surface area contributed by atoms with Gasteiger partial charge in [-0.15, -0.1) is 0 Å². The van der Waals surface area contributed by atoms with Crippen molar-refractivity contribution in [1.29, 1.82) is 0 Å².